The van der Waals surface area contributed by atoms with Gasteiger partial charge in [-0.1, -0.05) is 23.4 Å². The van der Waals surface area contributed by atoms with Crippen molar-refractivity contribution in [3.63, 3.8) is 0 Å². The van der Waals surface area contributed by atoms with Crippen LogP contribution in [0.15, 0.2) is 34.3 Å². The maximum atomic E-state index is 12.0. The lowest BCUT2D eigenvalue weighted by Gasteiger charge is -2.13. The molecule has 24 heavy (non-hydrogen) atoms. The van der Waals surface area contributed by atoms with Gasteiger partial charge in [0.2, 0.25) is 11.1 Å². The van der Waals surface area contributed by atoms with Gasteiger partial charge < -0.3 is 0 Å². The standard InChI is InChI=1S/C14H16ClN3O3S3/c1-14(2)11(19)17(3)12(22-14)16-21-13(20)18(4)24-23-10-7-5-9(15)6-8-10/h5-8H,1-4H3. The summed E-state index contributed by atoms with van der Waals surface area (Å²) in [5, 5.41) is 4.81. The van der Waals surface area contributed by atoms with E-state index in [1.807, 2.05) is 12.1 Å². The first-order valence-electron chi connectivity index (χ1n) is 6.81. The highest BCUT2D eigenvalue weighted by Crippen LogP contribution is 2.36. The Balaban J connectivity index is 1.87. The Hall–Kier alpha value is -1.03. The molecule has 6 nitrogen and oxygen atoms in total. The predicted molar refractivity (Wildman–Crippen MR) is 101 cm³/mol. The van der Waals surface area contributed by atoms with Crippen molar-refractivity contribution in [1.29, 1.82) is 0 Å². The zero-order valence-corrected chi connectivity index (χ0v) is 16.7. The topological polar surface area (TPSA) is 62.2 Å². The van der Waals surface area contributed by atoms with Crippen molar-refractivity contribution in [3.8, 4) is 0 Å². The van der Waals surface area contributed by atoms with Gasteiger partial charge in [-0.25, -0.2) is 9.10 Å². The van der Waals surface area contributed by atoms with E-state index in [2.05, 4.69) is 5.16 Å². The number of nitrogens with zero attached hydrogens (tertiary/aromatic N) is 3. The molecule has 10 heteroatoms. The number of amidine groups is 1. The molecule has 1 fully saturated rings. The van der Waals surface area contributed by atoms with E-state index in [1.54, 1.807) is 40.1 Å². The third-order valence-corrected chi connectivity index (χ3v) is 6.82. The summed E-state index contributed by atoms with van der Waals surface area (Å²) >= 11 is 7.08. The summed E-state index contributed by atoms with van der Waals surface area (Å²) in [6.45, 7) is 3.59. The number of oxime groups is 1. The van der Waals surface area contributed by atoms with Crippen molar-refractivity contribution < 1.29 is 14.4 Å². The van der Waals surface area contributed by atoms with E-state index in [1.165, 1.54) is 42.7 Å². The molecule has 0 aliphatic carbocycles. The van der Waals surface area contributed by atoms with Crippen LogP contribution < -0.4 is 0 Å². The molecule has 1 saturated heterocycles. The Morgan fingerprint density at radius 1 is 1.38 bits per heavy atom. The van der Waals surface area contributed by atoms with Crippen molar-refractivity contribution in [2.45, 2.75) is 23.5 Å². The number of hydrogen-bond donors (Lipinski definition) is 0. The van der Waals surface area contributed by atoms with Crippen molar-refractivity contribution in [1.82, 2.24) is 9.21 Å². The van der Waals surface area contributed by atoms with Crippen LogP contribution in [0.4, 0.5) is 4.79 Å². The second-order valence-corrected chi connectivity index (χ2v) is 9.63. The number of carbonyl (C=O) groups is 2. The fourth-order valence-electron chi connectivity index (χ4n) is 1.67. The van der Waals surface area contributed by atoms with E-state index in [9.17, 15) is 9.59 Å². The van der Waals surface area contributed by atoms with Gasteiger partial charge in [0.25, 0.3) is 0 Å². The Bertz CT molecular complexity index is 667. The molecule has 1 heterocycles. The summed E-state index contributed by atoms with van der Waals surface area (Å²) in [4.78, 5) is 31.2. The maximum Gasteiger partial charge on any atom is 0.446 e. The average Bonchev–Trinajstić information content (AvgIpc) is 2.74. The Labute approximate surface area is 157 Å². The van der Waals surface area contributed by atoms with Crippen molar-refractivity contribution in [3.05, 3.63) is 29.3 Å². The zero-order chi connectivity index (χ0) is 17.9. The highest BCUT2D eigenvalue weighted by molar-refractivity contribution is 8.75. The van der Waals surface area contributed by atoms with E-state index < -0.39 is 10.8 Å². The second-order valence-electron chi connectivity index (χ2n) is 5.32. The molecule has 2 amide bonds. The SMILES string of the molecule is CN(SSc1ccc(Cl)cc1)C(=O)ON=C1SC(C)(C)C(=O)N1C. The van der Waals surface area contributed by atoms with Gasteiger partial charge in [0.1, 0.15) is 0 Å². The molecule has 1 aliphatic heterocycles. The molecular formula is C14H16ClN3O3S3. The first-order chi connectivity index (χ1) is 11.2. The lowest BCUT2D eigenvalue weighted by molar-refractivity contribution is -0.127. The largest absolute Gasteiger partial charge is 0.446 e. The van der Waals surface area contributed by atoms with Crippen LogP contribution in [-0.2, 0) is 9.63 Å². The van der Waals surface area contributed by atoms with Crippen LogP contribution in [-0.4, -0.2) is 45.2 Å². The molecule has 1 aromatic rings. The van der Waals surface area contributed by atoms with Crippen molar-refractivity contribution in [2.24, 2.45) is 5.16 Å². The summed E-state index contributed by atoms with van der Waals surface area (Å²) in [6, 6.07) is 7.27. The quantitative estimate of drug-likeness (QED) is 0.322. The molecule has 0 saturated carbocycles. The molecule has 0 atom stereocenters. The van der Waals surface area contributed by atoms with Gasteiger partial charge >= 0.3 is 6.09 Å². The predicted octanol–water partition coefficient (Wildman–Crippen LogP) is 4.32. The molecule has 0 spiro atoms. The Morgan fingerprint density at radius 3 is 2.54 bits per heavy atom. The molecule has 0 aromatic heterocycles. The van der Waals surface area contributed by atoms with Crippen LogP contribution in [0.5, 0.6) is 0 Å². The maximum absolute atomic E-state index is 12.0. The summed E-state index contributed by atoms with van der Waals surface area (Å²) < 4.78 is 0.709. The molecule has 0 bridgehead atoms. The van der Waals surface area contributed by atoms with Gasteiger partial charge in [0.15, 0.2) is 0 Å². The average molecular weight is 406 g/mol. The van der Waals surface area contributed by atoms with Crippen LogP contribution in [0.2, 0.25) is 5.02 Å². The number of hydrogen-bond acceptors (Lipinski definition) is 7. The number of carbonyl (C=O) groups excluding carboxylic acids is 2. The third-order valence-electron chi connectivity index (χ3n) is 2.97. The highest BCUT2D eigenvalue weighted by atomic mass is 35.5. The molecular weight excluding hydrogens is 390 g/mol. The lowest BCUT2D eigenvalue weighted by Crippen LogP contribution is -2.33. The minimum absolute atomic E-state index is 0.0803. The zero-order valence-electron chi connectivity index (χ0n) is 13.5. The first kappa shape index (κ1) is 19.3. The smallest absolute Gasteiger partial charge is 0.295 e. The molecule has 1 aromatic carbocycles. The van der Waals surface area contributed by atoms with Gasteiger partial charge in [0.05, 0.1) is 4.75 Å². The minimum Gasteiger partial charge on any atom is -0.295 e. The Kier molecular flexibility index (Phi) is 6.35. The molecule has 130 valence electrons. The van der Waals surface area contributed by atoms with Crippen molar-refractivity contribution >= 4 is 62.3 Å². The lowest BCUT2D eigenvalue weighted by atomic mass is 10.2. The van der Waals surface area contributed by atoms with Crippen LogP contribution >= 0.6 is 45.1 Å². The van der Waals surface area contributed by atoms with Crippen LogP contribution in [0, 0.1) is 0 Å². The van der Waals surface area contributed by atoms with Crippen LogP contribution in [0.3, 0.4) is 0 Å². The molecule has 0 radical (unpaired) electrons. The van der Waals surface area contributed by atoms with Gasteiger partial charge in [-0.2, -0.15) is 0 Å². The molecule has 0 N–H and O–H groups in total. The van der Waals surface area contributed by atoms with Crippen LogP contribution in [0.1, 0.15) is 13.8 Å². The third kappa shape index (κ3) is 4.75. The fraction of sp³-hybridized carbons (Fsp3) is 0.357. The second kappa shape index (κ2) is 7.90. The summed E-state index contributed by atoms with van der Waals surface area (Å²) in [5.74, 6) is -0.0803. The van der Waals surface area contributed by atoms with E-state index >= 15 is 0 Å². The monoisotopic (exact) mass is 405 g/mol. The van der Waals surface area contributed by atoms with Gasteiger partial charge in [0, 0.05) is 35.0 Å². The molecule has 1 aliphatic rings. The van der Waals surface area contributed by atoms with Gasteiger partial charge in [-0.05, 0) is 54.1 Å². The fourth-order valence-corrected chi connectivity index (χ4v) is 4.42. The normalized spacial score (nSPS) is 18.1. The number of amides is 2. The first-order valence-corrected chi connectivity index (χ1v) is 10.1. The van der Waals surface area contributed by atoms with E-state index in [-0.39, 0.29) is 5.91 Å². The number of rotatable bonds is 4. The summed E-state index contributed by atoms with van der Waals surface area (Å²) in [7, 11) is 5.77. The van der Waals surface area contributed by atoms with E-state index in [0.717, 1.165) is 4.90 Å². The Morgan fingerprint density at radius 2 is 2.00 bits per heavy atom. The van der Waals surface area contributed by atoms with Crippen molar-refractivity contribution in [2.75, 3.05) is 14.1 Å². The molecule has 2 rings (SSSR count). The number of halogens is 1. The minimum atomic E-state index is -0.625. The number of thioether (sulfide) groups is 1. The van der Waals surface area contributed by atoms with Crippen LogP contribution in [0.25, 0.3) is 0 Å². The highest BCUT2D eigenvalue weighted by Gasteiger charge is 2.43. The summed E-state index contributed by atoms with van der Waals surface area (Å²) in [5.41, 5.74) is 0. The van der Waals surface area contributed by atoms with Gasteiger partial charge in [-0.15, -0.1) is 0 Å². The van der Waals surface area contributed by atoms with Gasteiger partial charge in [-0.3, -0.25) is 14.5 Å². The number of benzene rings is 1. The molecule has 0 unspecified atom stereocenters. The van der Waals surface area contributed by atoms with E-state index in [4.69, 9.17) is 16.4 Å². The summed E-state index contributed by atoms with van der Waals surface area (Å²) in [6.07, 6.45) is -0.625. The van der Waals surface area contributed by atoms with E-state index in [0.29, 0.717) is 10.2 Å².